The average Bonchev–Trinajstić information content (AvgIpc) is 3.47. The third-order valence-electron chi connectivity index (χ3n) is 6.41. The van der Waals surface area contributed by atoms with Crippen LogP contribution in [0.25, 0.3) is 0 Å². The van der Waals surface area contributed by atoms with Crippen LogP contribution in [-0.2, 0) is 11.2 Å². The molecule has 0 radical (unpaired) electrons. The van der Waals surface area contributed by atoms with Crippen LogP contribution < -0.4 is 5.32 Å². The highest BCUT2D eigenvalue weighted by Crippen LogP contribution is 2.59. The molecule has 1 aliphatic heterocycles. The molecule has 2 heterocycles. The number of nitrogens with zero attached hydrogens (tertiary/aromatic N) is 2. The summed E-state index contributed by atoms with van der Waals surface area (Å²) >= 11 is 5.80. The lowest BCUT2D eigenvalue weighted by Gasteiger charge is -2.33. The molecule has 0 bridgehead atoms. The van der Waals surface area contributed by atoms with Crippen molar-refractivity contribution in [2.75, 3.05) is 19.6 Å². The van der Waals surface area contributed by atoms with Crippen LogP contribution in [0.2, 0.25) is 5.02 Å². The second kappa shape index (κ2) is 8.72. The van der Waals surface area contributed by atoms with Gasteiger partial charge in [-0.25, -0.2) is 4.39 Å². The van der Waals surface area contributed by atoms with Crippen molar-refractivity contribution in [2.24, 2.45) is 11.3 Å². The van der Waals surface area contributed by atoms with E-state index in [1.54, 1.807) is 17.3 Å². The predicted molar refractivity (Wildman–Crippen MR) is 113 cm³/mol. The van der Waals surface area contributed by atoms with E-state index in [9.17, 15) is 14.0 Å². The van der Waals surface area contributed by atoms with E-state index in [-0.39, 0.29) is 28.2 Å². The van der Waals surface area contributed by atoms with Crippen molar-refractivity contribution in [2.45, 2.75) is 32.1 Å². The van der Waals surface area contributed by atoms with Gasteiger partial charge in [0.25, 0.3) is 5.91 Å². The van der Waals surface area contributed by atoms with Crippen molar-refractivity contribution in [3.05, 3.63) is 64.7 Å². The lowest BCUT2D eigenvalue weighted by Crippen LogP contribution is -2.40. The van der Waals surface area contributed by atoms with Crippen molar-refractivity contribution >= 4 is 23.4 Å². The van der Waals surface area contributed by atoms with E-state index in [1.165, 1.54) is 23.8 Å². The number of hydrogen-bond donors (Lipinski definition) is 1. The SMILES string of the molecule is O=C(NCCCc1ccncc1)C1CC12CCN(C(=O)c1ccc(F)c(Cl)c1)CC2. The summed E-state index contributed by atoms with van der Waals surface area (Å²) in [5.41, 5.74) is 1.66. The van der Waals surface area contributed by atoms with Crippen LogP contribution in [0, 0.1) is 17.2 Å². The first kappa shape index (κ1) is 20.8. The molecule has 1 unspecified atom stereocenters. The highest BCUT2D eigenvalue weighted by molar-refractivity contribution is 6.31. The standard InChI is InChI=1S/C23H25ClFN3O2/c24-19-14-17(3-4-20(19)25)22(30)28-12-7-23(8-13-28)15-18(23)21(29)27-9-1-2-16-5-10-26-11-6-16/h3-6,10-11,14,18H,1-2,7-9,12-13,15H2,(H,27,29). The molecule has 2 fully saturated rings. The maximum Gasteiger partial charge on any atom is 0.253 e. The number of amides is 2. The molecule has 1 aromatic carbocycles. The Balaban J connectivity index is 1.22. The van der Waals surface area contributed by atoms with Crippen LogP contribution in [0.15, 0.2) is 42.7 Å². The summed E-state index contributed by atoms with van der Waals surface area (Å²) in [6.45, 7) is 1.89. The molecule has 5 nitrogen and oxygen atoms in total. The molecule has 1 saturated carbocycles. The highest BCUT2D eigenvalue weighted by atomic mass is 35.5. The third kappa shape index (κ3) is 4.48. The fourth-order valence-corrected chi connectivity index (χ4v) is 4.60. The largest absolute Gasteiger partial charge is 0.356 e. The lowest BCUT2D eigenvalue weighted by molar-refractivity contribution is -0.123. The fraction of sp³-hybridized carbons (Fsp3) is 0.435. The van der Waals surface area contributed by atoms with Crippen LogP contribution >= 0.6 is 11.6 Å². The Morgan fingerprint density at radius 3 is 2.63 bits per heavy atom. The summed E-state index contributed by atoms with van der Waals surface area (Å²) in [4.78, 5) is 31.0. The van der Waals surface area contributed by atoms with Crippen molar-refractivity contribution in [3.8, 4) is 0 Å². The van der Waals surface area contributed by atoms with E-state index >= 15 is 0 Å². The number of carbonyl (C=O) groups is 2. The predicted octanol–water partition coefficient (Wildman–Crippen LogP) is 3.87. The van der Waals surface area contributed by atoms with E-state index in [2.05, 4.69) is 10.3 Å². The molecule has 2 aromatic rings. The molecular formula is C23H25ClFN3O2. The number of aryl methyl sites for hydroxylation is 1. The number of pyridine rings is 1. The first-order chi connectivity index (χ1) is 14.5. The summed E-state index contributed by atoms with van der Waals surface area (Å²) in [7, 11) is 0. The Morgan fingerprint density at radius 1 is 1.20 bits per heavy atom. The van der Waals surface area contributed by atoms with Crippen LogP contribution in [0.1, 0.15) is 41.6 Å². The van der Waals surface area contributed by atoms with Gasteiger partial charge in [0.1, 0.15) is 5.82 Å². The molecule has 30 heavy (non-hydrogen) atoms. The van der Waals surface area contributed by atoms with Gasteiger partial charge in [-0.15, -0.1) is 0 Å². The van der Waals surface area contributed by atoms with Gasteiger partial charge >= 0.3 is 0 Å². The Labute approximate surface area is 180 Å². The molecule has 1 atom stereocenters. The minimum atomic E-state index is -0.529. The Kier molecular flexibility index (Phi) is 6.04. The van der Waals surface area contributed by atoms with E-state index in [0.717, 1.165) is 32.1 Å². The zero-order chi connectivity index (χ0) is 21.1. The summed E-state index contributed by atoms with van der Waals surface area (Å²) in [5, 5.41) is 3.03. The molecule has 7 heteroatoms. The summed E-state index contributed by atoms with van der Waals surface area (Å²) < 4.78 is 13.3. The summed E-state index contributed by atoms with van der Waals surface area (Å²) in [5.74, 6) is -0.478. The van der Waals surface area contributed by atoms with Gasteiger partial charge in [0.15, 0.2) is 0 Å². The molecule has 1 saturated heterocycles. The van der Waals surface area contributed by atoms with Gasteiger partial charge in [-0.05, 0) is 73.4 Å². The van der Waals surface area contributed by atoms with Crippen LogP contribution in [0.5, 0.6) is 0 Å². The van der Waals surface area contributed by atoms with Gasteiger partial charge in [0.2, 0.25) is 5.91 Å². The molecule has 2 amide bonds. The number of aromatic nitrogens is 1. The summed E-state index contributed by atoms with van der Waals surface area (Å²) in [6, 6.07) is 8.05. The van der Waals surface area contributed by atoms with Gasteiger partial charge < -0.3 is 10.2 Å². The first-order valence-electron chi connectivity index (χ1n) is 10.4. The van der Waals surface area contributed by atoms with Gasteiger partial charge in [-0.1, -0.05) is 11.6 Å². The van der Waals surface area contributed by atoms with E-state index in [4.69, 9.17) is 11.6 Å². The molecule has 1 aliphatic carbocycles. The van der Waals surface area contributed by atoms with Crippen LogP contribution in [0.4, 0.5) is 4.39 Å². The van der Waals surface area contributed by atoms with Gasteiger partial charge in [-0.2, -0.15) is 0 Å². The average molecular weight is 430 g/mol. The number of carbonyl (C=O) groups excluding carboxylic acids is 2. The smallest absolute Gasteiger partial charge is 0.253 e. The number of piperidine rings is 1. The zero-order valence-corrected chi connectivity index (χ0v) is 17.5. The van der Waals surface area contributed by atoms with Crippen molar-refractivity contribution in [1.82, 2.24) is 15.2 Å². The van der Waals surface area contributed by atoms with Crippen LogP contribution in [-0.4, -0.2) is 41.3 Å². The van der Waals surface area contributed by atoms with Crippen molar-refractivity contribution < 1.29 is 14.0 Å². The number of halogens is 2. The molecule has 1 aromatic heterocycles. The third-order valence-corrected chi connectivity index (χ3v) is 6.70. The lowest BCUT2D eigenvalue weighted by atomic mass is 9.90. The van der Waals surface area contributed by atoms with Gasteiger partial charge in [0, 0.05) is 43.5 Å². The summed E-state index contributed by atoms with van der Waals surface area (Å²) in [6.07, 6.45) is 7.92. The molecule has 1 N–H and O–H groups in total. The topological polar surface area (TPSA) is 62.3 Å². The monoisotopic (exact) mass is 429 g/mol. The maximum absolute atomic E-state index is 13.3. The second-order valence-corrected chi connectivity index (χ2v) is 8.70. The Morgan fingerprint density at radius 2 is 1.93 bits per heavy atom. The quantitative estimate of drug-likeness (QED) is 0.709. The number of rotatable bonds is 6. The normalized spacial score (nSPS) is 19.5. The van der Waals surface area contributed by atoms with E-state index < -0.39 is 5.82 Å². The number of likely N-dealkylation sites (tertiary alicyclic amines) is 1. The minimum absolute atomic E-state index is 0.0341. The minimum Gasteiger partial charge on any atom is -0.356 e. The van der Waals surface area contributed by atoms with E-state index in [1.807, 2.05) is 12.1 Å². The molecule has 1 spiro atoms. The van der Waals surface area contributed by atoms with E-state index in [0.29, 0.717) is 25.2 Å². The second-order valence-electron chi connectivity index (χ2n) is 8.29. The maximum atomic E-state index is 13.3. The van der Waals surface area contributed by atoms with Crippen molar-refractivity contribution in [1.29, 1.82) is 0 Å². The Hall–Kier alpha value is -2.47. The van der Waals surface area contributed by atoms with Crippen LogP contribution in [0.3, 0.4) is 0 Å². The number of hydrogen-bond acceptors (Lipinski definition) is 3. The highest BCUT2D eigenvalue weighted by Gasteiger charge is 2.58. The first-order valence-corrected chi connectivity index (χ1v) is 10.8. The molecule has 158 valence electrons. The number of benzene rings is 1. The zero-order valence-electron chi connectivity index (χ0n) is 16.7. The number of nitrogens with one attached hydrogen (secondary N) is 1. The molecule has 2 aliphatic rings. The molecule has 4 rings (SSSR count). The molecular weight excluding hydrogens is 405 g/mol. The van der Waals surface area contributed by atoms with Gasteiger partial charge in [0.05, 0.1) is 5.02 Å². The fourth-order valence-electron chi connectivity index (χ4n) is 4.41. The van der Waals surface area contributed by atoms with Gasteiger partial charge in [-0.3, -0.25) is 14.6 Å². The van der Waals surface area contributed by atoms with Crippen molar-refractivity contribution in [3.63, 3.8) is 0 Å². The Bertz CT molecular complexity index is 929.